The predicted octanol–water partition coefficient (Wildman–Crippen LogP) is 2.22. The van der Waals surface area contributed by atoms with Crippen molar-refractivity contribution in [3.8, 4) is 0 Å². The summed E-state index contributed by atoms with van der Waals surface area (Å²) in [7, 11) is -3.93. The van der Waals surface area contributed by atoms with E-state index in [-0.39, 0.29) is 28.6 Å². The van der Waals surface area contributed by atoms with E-state index in [1.807, 2.05) is 0 Å². The fourth-order valence-electron chi connectivity index (χ4n) is 3.03. The minimum Gasteiger partial charge on any atom is -0.360 e. The maximum Gasteiger partial charge on any atom is 0.249 e. The van der Waals surface area contributed by atoms with Gasteiger partial charge in [-0.1, -0.05) is 17.3 Å². The molecule has 134 valence electrons. The van der Waals surface area contributed by atoms with Crippen LogP contribution in [-0.4, -0.2) is 36.4 Å². The Hall–Kier alpha value is -2.26. The topological polar surface area (TPSA) is 92.5 Å². The molecule has 0 saturated carbocycles. The first-order chi connectivity index (χ1) is 11.8. The number of carbonyl (C=O) groups excluding carboxylic acids is 1. The summed E-state index contributed by atoms with van der Waals surface area (Å²) < 4.78 is 45.7. The second-order valence-corrected chi connectivity index (χ2v) is 7.72. The minimum atomic E-state index is -3.93. The molecule has 9 heteroatoms. The number of hydrogen-bond acceptors (Lipinski definition) is 5. The lowest BCUT2D eigenvalue weighted by Crippen LogP contribution is -2.43. The molecule has 1 aliphatic heterocycles. The van der Waals surface area contributed by atoms with Gasteiger partial charge in [-0.15, -0.1) is 0 Å². The molecule has 1 atom stereocenters. The van der Waals surface area contributed by atoms with Crippen LogP contribution in [0.5, 0.6) is 0 Å². The largest absolute Gasteiger partial charge is 0.360 e. The Morgan fingerprint density at radius 3 is 2.72 bits per heavy atom. The maximum absolute atomic E-state index is 13.7. The van der Waals surface area contributed by atoms with Crippen LogP contribution in [0.4, 0.5) is 10.1 Å². The second-order valence-electron chi connectivity index (χ2n) is 5.90. The van der Waals surface area contributed by atoms with Crippen LogP contribution in [-0.2, 0) is 14.8 Å². The molecule has 0 spiro atoms. The molecular formula is C16H18FN3O4S. The van der Waals surface area contributed by atoms with Crippen molar-refractivity contribution >= 4 is 21.6 Å². The number of sulfonamides is 1. The highest BCUT2D eigenvalue weighted by Gasteiger charge is 2.42. The molecule has 2 aromatic rings. The number of hydrogen-bond donors (Lipinski definition) is 1. The van der Waals surface area contributed by atoms with Crippen molar-refractivity contribution in [3.05, 3.63) is 41.5 Å². The highest BCUT2D eigenvalue weighted by Crippen LogP contribution is 2.30. The highest BCUT2D eigenvalue weighted by atomic mass is 32.2. The summed E-state index contributed by atoms with van der Waals surface area (Å²) in [6.07, 6.45) is 0.904. The van der Waals surface area contributed by atoms with Crippen LogP contribution in [0.1, 0.15) is 24.3 Å². The van der Waals surface area contributed by atoms with Crippen molar-refractivity contribution in [1.29, 1.82) is 0 Å². The second kappa shape index (κ2) is 6.57. The third-order valence-electron chi connectivity index (χ3n) is 4.17. The van der Waals surface area contributed by atoms with E-state index in [1.165, 1.54) is 32.0 Å². The van der Waals surface area contributed by atoms with Gasteiger partial charge in [0, 0.05) is 6.54 Å². The van der Waals surface area contributed by atoms with Crippen LogP contribution in [0.3, 0.4) is 0 Å². The maximum atomic E-state index is 13.7. The van der Waals surface area contributed by atoms with Crippen molar-refractivity contribution in [1.82, 2.24) is 9.46 Å². The first-order valence-electron chi connectivity index (χ1n) is 7.82. The van der Waals surface area contributed by atoms with Gasteiger partial charge in [0.05, 0.1) is 5.69 Å². The Bertz CT molecular complexity index is 890. The van der Waals surface area contributed by atoms with Gasteiger partial charge in [-0.3, -0.25) is 4.79 Å². The van der Waals surface area contributed by atoms with E-state index in [1.54, 1.807) is 6.07 Å². The number of benzene rings is 1. The van der Waals surface area contributed by atoms with E-state index >= 15 is 0 Å². The molecule has 1 aliphatic rings. The summed E-state index contributed by atoms with van der Waals surface area (Å²) in [5.41, 5.74) is 0.270. The van der Waals surface area contributed by atoms with Crippen LogP contribution < -0.4 is 5.32 Å². The molecule has 25 heavy (non-hydrogen) atoms. The average Bonchev–Trinajstić information content (AvgIpc) is 3.17. The van der Waals surface area contributed by atoms with Crippen molar-refractivity contribution in [2.75, 3.05) is 11.9 Å². The highest BCUT2D eigenvalue weighted by molar-refractivity contribution is 7.89. The third-order valence-corrected chi connectivity index (χ3v) is 6.33. The Kier molecular flexibility index (Phi) is 4.61. The lowest BCUT2D eigenvalue weighted by molar-refractivity contribution is -0.119. The van der Waals surface area contributed by atoms with Gasteiger partial charge in [0.2, 0.25) is 15.9 Å². The number of aromatic nitrogens is 1. The molecule has 1 aromatic carbocycles. The molecule has 0 aliphatic carbocycles. The predicted molar refractivity (Wildman–Crippen MR) is 87.9 cm³/mol. The van der Waals surface area contributed by atoms with E-state index in [0.717, 1.165) is 4.31 Å². The fourth-order valence-corrected chi connectivity index (χ4v) is 4.98. The van der Waals surface area contributed by atoms with Gasteiger partial charge in [-0.2, -0.15) is 4.31 Å². The lowest BCUT2D eigenvalue weighted by Gasteiger charge is -2.23. The van der Waals surface area contributed by atoms with E-state index in [9.17, 15) is 17.6 Å². The van der Waals surface area contributed by atoms with Gasteiger partial charge < -0.3 is 9.84 Å². The molecule has 1 N–H and O–H groups in total. The normalized spacial score (nSPS) is 18.4. The average molecular weight is 367 g/mol. The minimum absolute atomic E-state index is 0.0157. The number of amides is 1. The molecule has 1 aromatic heterocycles. The van der Waals surface area contributed by atoms with Crippen molar-refractivity contribution in [2.24, 2.45) is 0 Å². The van der Waals surface area contributed by atoms with Gasteiger partial charge in [-0.25, -0.2) is 12.8 Å². The SMILES string of the molecule is Cc1noc(C)c1S(=O)(=O)N1CCCC1C(=O)Nc1ccccc1F. The molecule has 0 bridgehead atoms. The van der Waals surface area contributed by atoms with Gasteiger partial charge in [-0.05, 0) is 38.8 Å². The quantitative estimate of drug-likeness (QED) is 0.894. The number of halogens is 1. The zero-order chi connectivity index (χ0) is 18.2. The van der Waals surface area contributed by atoms with Gasteiger partial charge in [0.15, 0.2) is 5.76 Å². The number of rotatable bonds is 4. The first-order valence-corrected chi connectivity index (χ1v) is 9.26. The smallest absolute Gasteiger partial charge is 0.249 e. The van der Waals surface area contributed by atoms with Crippen LogP contribution in [0, 0.1) is 19.7 Å². The number of anilines is 1. The molecule has 2 heterocycles. The summed E-state index contributed by atoms with van der Waals surface area (Å²) in [4.78, 5) is 12.5. The third kappa shape index (κ3) is 3.16. The van der Waals surface area contributed by atoms with Crippen LogP contribution in [0.2, 0.25) is 0 Å². The number of para-hydroxylation sites is 1. The summed E-state index contributed by atoms with van der Waals surface area (Å²) >= 11 is 0. The molecule has 1 saturated heterocycles. The van der Waals surface area contributed by atoms with Crippen molar-refractivity contribution < 1.29 is 22.1 Å². The Balaban J connectivity index is 1.88. The van der Waals surface area contributed by atoms with Crippen LogP contribution >= 0.6 is 0 Å². The summed E-state index contributed by atoms with van der Waals surface area (Å²) in [6.45, 7) is 3.26. The molecule has 7 nitrogen and oxygen atoms in total. The molecule has 1 fully saturated rings. The Morgan fingerprint density at radius 2 is 2.08 bits per heavy atom. The Morgan fingerprint density at radius 1 is 1.36 bits per heavy atom. The number of aryl methyl sites for hydroxylation is 2. The van der Waals surface area contributed by atoms with Gasteiger partial charge in [0.1, 0.15) is 22.4 Å². The van der Waals surface area contributed by atoms with Crippen molar-refractivity contribution in [2.45, 2.75) is 37.6 Å². The number of nitrogens with one attached hydrogen (secondary N) is 1. The molecule has 3 rings (SSSR count). The van der Waals surface area contributed by atoms with E-state index in [0.29, 0.717) is 12.8 Å². The summed E-state index contributed by atoms with van der Waals surface area (Å²) in [5.74, 6) is -0.954. The first kappa shape index (κ1) is 17.6. The molecular weight excluding hydrogens is 349 g/mol. The standard InChI is InChI=1S/C16H18FN3O4S/c1-10-15(11(2)24-19-10)25(22,23)20-9-5-8-14(20)16(21)18-13-7-4-3-6-12(13)17/h3-4,6-7,14H,5,8-9H2,1-2H3,(H,18,21). The van der Waals surface area contributed by atoms with Gasteiger partial charge >= 0.3 is 0 Å². The Labute approximate surface area is 144 Å². The van der Waals surface area contributed by atoms with Gasteiger partial charge in [0.25, 0.3) is 0 Å². The zero-order valence-corrected chi connectivity index (χ0v) is 14.6. The molecule has 1 amide bonds. The van der Waals surface area contributed by atoms with E-state index < -0.39 is 27.8 Å². The monoisotopic (exact) mass is 367 g/mol. The van der Waals surface area contributed by atoms with E-state index in [4.69, 9.17) is 4.52 Å². The van der Waals surface area contributed by atoms with Crippen LogP contribution in [0.25, 0.3) is 0 Å². The number of nitrogens with zero attached hydrogens (tertiary/aromatic N) is 2. The lowest BCUT2D eigenvalue weighted by atomic mass is 10.2. The summed E-state index contributed by atoms with van der Waals surface area (Å²) in [5, 5.41) is 6.14. The summed E-state index contributed by atoms with van der Waals surface area (Å²) in [6, 6.07) is 4.84. The number of carbonyl (C=O) groups is 1. The van der Waals surface area contributed by atoms with Crippen LogP contribution in [0.15, 0.2) is 33.7 Å². The van der Waals surface area contributed by atoms with Crippen molar-refractivity contribution in [3.63, 3.8) is 0 Å². The zero-order valence-electron chi connectivity index (χ0n) is 13.8. The molecule has 1 unspecified atom stereocenters. The fraction of sp³-hybridized carbons (Fsp3) is 0.375. The van der Waals surface area contributed by atoms with E-state index in [2.05, 4.69) is 10.5 Å². The molecule has 0 radical (unpaired) electrons.